The number of carbonyl (C=O) groups excluding carboxylic acids is 2. The number of aromatic nitrogens is 2. The average Bonchev–Trinajstić information content (AvgIpc) is 3.12. The highest BCUT2D eigenvalue weighted by molar-refractivity contribution is 5.77. The number of benzene rings is 1. The number of fused-ring (bicyclic) bond motifs is 1. The van der Waals surface area contributed by atoms with Crippen LogP contribution in [0.15, 0.2) is 43.0 Å². The van der Waals surface area contributed by atoms with Crippen LogP contribution in [0.4, 0.5) is 0 Å². The number of amides is 2. The molecule has 0 aliphatic carbocycles. The largest absolute Gasteiger partial charge is 0.487 e. The minimum atomic E-state index is -0.429. The molecule has 2 aromatic rings. The lowest BCUT2D eigenvalue weighted by Crippen LogP contribution is -2.46. The van der Waals surface area contributed by atoms with Gasteiger partial charge in [-0.25, -0.2) is 4.98 Å². The number of hydrogen-bond acceptors (Lipinski definition) is 4. The third-order valence-corrected chi connectivity index (χ3v) is 5.54. The first-order valence-electron chi connectivity index (χ1n) is 9.32. The SMILES string of the molecule is CN1CC[C@@]2(CCC1=O)C[C@@H](NC(=O)Cn1ccnc1)c1ccccc1O2. The van der Waals surface area contributed by atoms with Gasteiger partial charge in [0.25, 0.3) is 0 Å². The zero-order valence-electron chi connectivity index (χ0n) is 15.4. The van der Waals surface area contributed by atoms with E-state index in [4.69, 9.17) is 4.74 Å². The van der Waals surface area contributed by atoms with E-state index in [1.165, 1.54) is 0 Å². The van der Waals surface area contributed by atoms with Gasteiger partial charge in [-0.05, 0) is 12.5 Å². The fourth-order valence-corrected chi connectivity index (χ4v) is 3.99. The predicted octanol–water partition coefficient (Wildman–Crippen LogP) is 1.90. The minimum Gasteiger partial charge on any atom is -0.487 e. The van der Waals surface area contributed by atoms with E-state index in [0.29, 0.717) is 25.8 Å². The summed E-state index contributed by atoms with van der Waals surface area (Å²) in [5, 5.41) is 3.16. The molecule has 7 heteroatoms. The van der Waals surface area contributed by atoms with Crippen LogP contribution in [0.3, 0.4) is 0 Å². The van der Waals surface area contributed by atoms with Crippen molar-refractivity contribution in [3.63, 3.8) is 0 Å². The summed E-state index contributed by atoms with van der Waals surface area (Å²) in [6, 6.07) is 7.71. The van der Waals surface area contributed by atoms with Crippen molar-refractivity contribution >= 4 is 11.8 Å². The minimum absolute atomic E-state index is 0.0633. The molecule has 1 aromatic carbocycles. The van der Waals surface area contributed by atoms with Crippen LogP contribution in [0, 0.1) is 0 Å². The Balaban J connectivity index is 1.56. The molecule has 0 radical (unpaired) electrons. The van der Waals surface area contributed by atoms with Crippen molar-refractivity contribution in [1.82, 2.24) is 19.8 Å². The Morgan fingerprint density at radius 3 is 3.04 bits per heavy atom. The quantitative estimate of drug-likeness (QED) is 0.898. The van der Waals surface area contributed by atoms with Crippen LogP contribution in [-0.4, -0.2) is 45.5 Å². The highest BCUT2D eigenvalue weighted by Gasteiger charge is 2.43. The normalized spacial score (nSPS) is 24.9. The molecule has 7 nitrogen and oxygen atoms in total. The molecule has 2 atom stereocenters. The van der Waals surface area contributed by atoms with Gasteiger partial charge in [-0.15, -0.1) is 0 Å². The second-order valence-corrected chi connectivity index (χ2v) is 7.45. The van der Waals surface area contributed by atoms with Gasteiger partial charge in [0, 0.05) is 50.8 Å². The summed E-state index contributed by atoms with van der Waals surface area (Å²) < 4.78 is 8.15. The fourth-order valence-electron chi connectivity index (χ4n) is 3.99. The van der Waals surface area contributed by atoms with E-state index < -0.39 is 5.60 Å². The monoisotopic (exact) mass is 368 g/mol. The molecule has 2 aliphatic heterocycles. The van der Waals surface area contributed by atoms with Crippen molar-refractivity contribution in [2.24, 2.45) is 0 Å². The zero-order valence-corrected chi connectivity index (χ0v) is 15.4. The van der Waals surface area contributed by atoms with Crippen molar-refractivity contribution in [1.29, 1.82) is 0 Å². The number of hydrogen-bond donors (Lipinski definition) is 1. The number of carbonyl (C=O) groups is 2. The smallest absolute Gasteiger partial charge is 0.240 e. The van der Waals surface area contributed by atoms with E-state index in [1.54, 1.807) is 28.2 Å². The Kier molecular flexibility index (Phi) is 4.59. The molecule has 4 rings (SSSR count). The first-order chi connectivity index (χ1) is 13.0. The molecule has 1 fully saturated rings. The van der Waals surface area contributed by atoms with Crippen LogP contribution in [0.5, 0.6) is 5.75 Å². The highest BCUT2D eigenvalue weighted by Crippen LogP contribution is 2.44. The van der Waals surface area contributed by atoms with Gasteiger partial charge in [0.2, 0.25) is 11.8 Å². The van der Waals surface area contributed by atoms with Crippen LogP contribution < -0.4 is 10.1 Å². The average molecular weight is 368 g/mol. The summed E-state index contributed by atoms with van der Waals surface area (Å²) in [5.74, 6) is 0.885. The number of likely N-dealkylation sites (tertiary alicyclic amines) is 1. The second kappa shape index (κ2) is 7.06. The van der Waals surface area contributed by atoms with Crippen molar-refractivity contribution in [3.8, 4) is 5.75 Å². The maximum atomic E-state index is 12.6. The molecular formula is C20H24N4O3. The Hall–Kier alpha value is -2.83. The first-order valence-corrected chi connectivity index (χ1v) is 9.32. The lowest BCUT2D eigenvalue weighted by Gasteiger charge is -2.42. The maximum absolute atomic E-state index is 12.6. The van der Waals surface area contributed by atoms with E-state index in [9.17, 15) is 9.59 Å². The van der Waals surface area contributed by atoms with E-state index in [-0.39, 0.29) is 24.4 Å². The summed E-state index contributed by atoms with van der Waals surface area (Å²) >= 11 is 0. The van der Waals surface area contributed by atoms with E-state index >= 15 is 0 Å². The summed E-state index contributed by atoms with van der Waals surface area (Å²) in [5.41, 5.74) is 0.563. The predicted molar refractivity (Wildman–Crippen MR) is 99.0 cm³/mol. The van der Waals surface area contributed by atoms with E-state index in [1.807, 2.05) is 31.3 Å². The molecule has 2 amide bonds. The molecular weight excluding hydrogens is 344 g/mol. The molecule has 1 N–H and O–H groups in total. The Morgan fingerprint density at radius 1 is 1.37 bits per heavy atom. The lowest BCUT2D eigenvalue weighted by molar-refractivity contribution is -0.129. The molecule has 1 aromatic heterocycles. The number of para-hydroxylation sites is 1. The molecule has 0 unspecified atom stereocenters. The molecule has 0 saturated carbocycles. The van der Waals surface area contributed by atoms with Crippen LogP contribution >= 0.6 is 0 Å². The highest BCUT2D eigenvalue weighted by atomic mass is 16.5. The van der Waals surface area contributed by atoms with Crippen LogP contribution in [-0.2, 0) is 16.1 Å². The summed E-state index contributed by atoms with van der Waals surface area (Å²) in [6.45, 7) is 0.893. The third-order valence-electron chi connectivity index (χ3n) is 5.54. The molecule has 0 bridgehead atoms. The van der Waals surface area contributed by atoms with Crippen LogP contribution in [0.25, 0.3) is 0 Å². The van der Waals surface area contributed by atoms with Gasteiger partial charge in [-0.2, -0.15) is 0 Å². The number of nitrogens with one attached hydrogen (secondary N) is 1. The van der Waals surface area contributed by atoms with Crippen LogP contribution in [0.1, 0.15) is 37.3 Å². The second-order valence-electron chi connectivity index (χ2n) is 7.45. The number of nitrogens with zero attached hydrogens (tertiary/aromatic N) is 3. The topological polar surface area (TPSA) is 76.5 Å². The Bertz CT molecular complexity index is 836. The van der Waals surface area contributed by atoms with Gasteiger partial charge in [0.1, 0.15) is 17.9 Å². The lowest BCUT2D eigenvalue weighted by atomic mass is 9.82. The Labute approximate surface area is 158 Å². The van der Waals surface area contributed by atoms with Crippen LogP contribution in [0.2, 0.25) is 0 Å². The van der Waals surface area contributed by atoms with Gasteiger partial charge in [-0.3, -0.25) is 9.59 Å². The standard InChI is InChI=1S/C20H24N4O3/c1-23-10-8-20(7-6-19(23)26)12-16(15-4-2-3-5-17(15)27-20)22-18(25)13-24-11-9-21-14-24/h2-5,9,11,14,16H,6-8,10,12-13H2,1H3,(H,22,25)/t16-,20+/m1/s1. The van der Waals surface area contributed by atoms with E-state index in [0.717, 1.165) is 17.7 Å². The number of rotatable bonds is 3. The Morgan fingerprint density at radius 2 is 2.22 bits per heavy atom. The van der Waals surface area contributed by atoms with E-state index in [2.05, 4.69) is 10.3 Å². The number of imidazole rings is 1. The summed E-state index contributed by atoms with van der Waals surface area (Å²) in [7, 11) is 1.84. The van der Waals surface area contributed by atoms with Crippen molar-refractivity contribution in [3.05, 3.63) is 48.5 Å². The molecule has 2 aliphatic rings. The van der Waals surface area contributed by atoms with Crippen molar-refractivity contribution < 1.29 is 14.3 Å². The molecule has 3 heterocycles. The molecule has 142 valence electrons. The van der Waals surface area contributed by atoms with Gasteiger partial charge >= 0.3 is 0 Å². The van der Waals surface area contributed by atoms with Gasteiger partial charge < -0.3 is 19.5 Å². The number of ether oxygens (including phenoxy) is 1. The first kappa shape index (κ1) is 17.6. The summed E-state index contributed by atoms with van der Waals surface area (Å²) in [6.07, 6.45) is 7.62. The zero-order chi connectivity index (χ0) is 18.9. The van der Waals surface area contributed by atoms with Gasteiger partial charge in [0.05, 0.1) is 12.4 Å². The summed E-state index contributed by atoms with van der Waals surface area (Å²) in [4.78, 5) is 30.4. The fraction of sp³-hybridized carbons (Fsp3) is 0.450. The van der Waals surface area contributed by atoms with Gasteiger partial charge in [0.15, 0.2) is 0 Å². The molecule has 27 heavy (non-hydrogen) atoms. The molecule has 1 spiro atoms. The van der Waals surface area contributed by atoms with Gasteiger partial charge in [-0.1, -0.05) is 18.2 Å². The van der Waals surface area contributed by atoms with Crippen molar-refractivity contribution in [2.75, 3.05) is 13.6 Å². The maximum Gasteiger partial charge on any atom is 0.240 e. The third kappa shape index (κ3) is 3.67. The van der Waals surface area contributed by atoms with Crippen molar-refractivity contribution in [2.45, 2.75) is 43.9 Å². The molecule has 1 saturated heterocycles.